The van der Waals surface area contributed by atoms with Crippen LogP contribution in [0.5, 0.6) is 11.5 Å². The zero-order chi connectivity index (χ0) is 27.5. The number of aldehydes is 1. The van der Waals surface area contributed by atoms with E-state index in [1.807, 2.05) is 13.8 Å². The first-order chi connectivity index (χ1) is 17.5. The van der Waals surface area contributed by atoms with Gasteiger partial charge < -0.3 is 31.0 Å². The van der Waals surface area contributed by atoms with E-state index in [0.717, 1.165) is 11.1 Å². The summed E-state index contributed by atoms with van der Waals surface area (Å²) in [5, 5.41) is 27.2. The van der Waals surface area contributed by atoms with Crippen molar-refractivity contribution in [2.24, 2.45) is 11.8 Å². The second kappa shape index (κ2) is 14.0. The molecule has 0 aliphatic rings. The molecule has 3 amide bonds. The Kier molecular flexibility index (Phi) is 11.1. The van der Waals surface area contributed by atoms with Gasteiger partial charge in [-0.25, -0.2) is 0 Å². The van der Waals surface area contributed by atoms with Gasteiger partial charge in [0.25, 0.3) is 0 Å². The van der Waals surface area contributed by atoms with Crippen LogP contribution in [-0.2, 0) is 32.0 Å². The molecular formula is C28H37N3O6. The van der Waals surface area contributed by atoms with Gasteiger partial charge in [0.1, 0.15) is 29.9 Å². The number of carbonyl (C=O) groups is 4. The fourth-order valence-corrected chi connectivity index (χ4v) is 3.78. The van der Waals surface area contributed by atoms with Gasteiger partial charge in [0, 0.05) is 12.8 Å². The first kappa shape index (κ1) is 29.4. The van der Waals surface area contributed by atoms with Gasteiger partial charge in [-0.2, -0.15) is 0 Å². The molecule has 200 valence electrons. The van der Waals surface area contributed by atoms with Crippen LogP contribution in [0.1, 0.15) is 45.2 Å². The van der Waals surface area contributed by atoms with E-state index < -0.39 is 29.9 Å². The van der Waals surface area contributed by atoms with Crippen molar-refractivity contribution in [2.45, 2.75) is 65.1 Å². The number of carbonyl (C=O) groups excluding carboxylic acids is 4. The Morgan fingerprint density at radius 1 is 0.757 bits per heavy atom. The summed E-state index contributed by atoms with van der Waals surface area (Å²) < 4.78 is 0. The molecule has 0 unspecified atom stereocenters. The summed E-state index contributed by atoms with van der Waals surface area (Å²) in [7, 11) is 0. The van der Waals surface area contributed by atoms with Crippen molar-refractivity contribution < 1.29 is 29.4 Å². The maximum absolute atomic E-state index is 13.3. The molecular weight excluding hydrogens is 474 g/mol. The molecule has 9 nitrogen and oxygen atoms in total. The molecule has 0 fully saturated rings. The number of phenolic OH excluding ortho intramolecular Hbond substituents is 2. The van der Waals surface area contributed by atoms with Crippen molar-refractivity contribution in [3.63, 3.8) is 0 Å². The van der Waals surface area contributed by atoms with E-state index in [2.05, 4.69) is 16.0 Å². The Bertz CT molecular complexity index is 1050. The summed E-state index contributed by atoms with van der Waals surface area (Å²) >= 11 is 0. The van der Waals surface area contributed by atoms with Gasteiger partial charge in [0.05, 0.1) is 6.04 Å². The lowest BCUT2D eigenvalue weighted by Crippen LogP contribution is -2.57. The van der Waals surface area contributed by atoms with E-state index >= 15 is 0 Å². The number of hydrogen-bond acceptors (Lipinski definition) is 6. The average Bonchev–Trinajstić information content (AvgIpc) is 2.83. The molecule has 2 aromatic carbocycles. The molecule has 2 rings (SSSR count). The van der Waals surface area contributed by atoms with E-state index in [9.17, 15) is 29.4 Å². The number of aromatic hydroxyl groups is 2. The Labute approximate surface area is 217 Å². The Balaban J connectivity index is 2.14. The molecule has 0 aliphatic heterocycles. The lowest BCUT2D eigenvalue weighted by Gasteiger charge is -2.26. The summed E-state index contributed by atoms with van der Waals surface area (Å²) in [5.74, 6) is -1.35. The summed E-state index contributed by atoms with van der Waals surface area (Å²) in [5.41, 5.74) is 1.48. The number of rotatable bonds is 13. The minimum Gasteiger partial charge on any atom is -0.508 e. The van der Waals surface area contributed by atoms with Gasteiger partial charge in [-0.05, 0) is 53.6 Å². The van der Waals surface area contributed by atoms with Crippen molar-refractivity contribution in [2.75, 3.05) is 0 Å². The third-order valence-corrected chi connectivity index (χ3v) is 5.75. The molecule has 0 heterocycles. The van der Waals surface area contributed by atoms with E-state index in [4.69, 9.17) is 0 Å². The van der Waals surface area contributed by atoms with Crippen LogP contribution in [0.25, 0.3) is 0 Å². The van der Waals surface area contributed by atoms with Gasteiger partial charge >= 0.3 is 0 Å². The maximum atomic E-state index is 13.3. The van der Waals surface area contributed by atoms with Gasteiger partial charge in [-0.1, -0.05) is 52.0 Å². The third-order valence-electron chi connectivity index (χ3n) is 5.75. The first-order valence-electron chi connectivity index (χ1n) is 12.4. The lowest BCUT2D eigenvalue weighted by molar-refractivity contribution is -0.133. The fourth-order valence-electron chi connectivity index (χ4n) is 3.78. The van der Waals surface area contributed by atoms with Crippen LogP contribution < -0.4 is 16.0 Å². The molecule has 0 saturated carbocycles. The third kappa shape index (κ3) is 9.95. The number of benzene rings is 2. The van der Waals surface area contributed by atoms with E-state index in [1.165, 1.54) is 24.3 Å². The molecule has 9 heteroatoms. The van der Waals surface area contributed by atoms with Crippen LogP contribution in [0.15, 0.2) is 48.5 Å². The summed E-state index contributed by atoms with van der Waals surface area (Å²) in [4.78, 5) is 50.5. The van der Waals surface area contributed by atoms with Crippen molar-refractivity contribution in [3.8, 4) is 11.5 Å². The summed E-state index contributed by atoms with van der Waals surface area (Å²) in [6.45, 7) is 7.34. The van der Waals surface area contributed by atoms with Crippen LogP contribution in [0.4, 0.5) is 0 Å². The number of phenols is 2. The fraction of sp³-hybridized carbons (Fsp3) is 0.429. The quantitative estimate of drug-likeness (QED) is 0.261. The molecule has 0 aliphatic carbocycles. The zero-order valence-corrected chi connectivity index (χ0v) is 21.7. The summed E-state index contributed by atoms with van der Waals surface area (Å²) in [6, 6.07) is 9.92. The Morgan fingerprint density at radius 3 is 1.73 bits per heavy atom. The summed E-state index contributed by atoms with van der Waals surface area (Å²) in [6.07, 6.45) is 1.26. The number of nitrogens with one attached hydrogen (secondary N) is 3. The van der Waals surface area contributed by atoms with Crippen molar-refractivity contribution in [1.82, 2.24) is 16.0 Å². The molecule has 0 bridgehead atoms. The highest BCUT2D eigenvalue weighted by Gasteiger charge is 2.30. The van der Waals surface area contributed by atoms with Crippen LogP contribution in [0.3, 0.4) is 0 Å². The molecule has 37 heavy (non-hydrogen) atoms. The highest BCUT2D eigenvalue weighted by atomic mass is 16.3. The van der Waals surface area contributed by atoms with Crippen molar-refractivity contribution in [1.29, 1.82) is 0 Å². The highest BCUT2D eigenvalue weighted by molar-refractivity contribution is 5.93. The molecule has 2 aromatic rings. The number of amides is 3. The smallest absolute Gasteiger partial charge is 0.243 e. The van der Waals surface area contributed by atoms with Crippen molar-refractivity contribution >= 4 is 24.0 Å². The van der Waals surface area contributed by atoms with Gasteiger partial charge in [-0.15, -0.1) is 0 Å². The molecule has 0 saturated heterocycles. The second-order valence-electron chi connectivity index (χ2n) is 9.94. The SMILES string of the molecule is CC(C)CC(=O)N[C@@H](Cc1ccc(O)cc1)C(=O)N[C@H](C(=O)N[C@@H](C=O)Cc1ccc(O)cc1)C(C)C. The Morgan fingerprint density at radius 2 is 1.27 bits per heavy atom. The van der Waals surface area contributed by atoms with Crippen LogP contribution in [0, 0.1) is 11.8 Å². The standard InChI is InChI=1S/C28H37N3O6/c1-17(2)13-25(35)30-24(15-20-7-11-23(34)12-8-20)27(36)31-26(18(3)4)28(37)29-21(16-32)14-19-5-9-22(33)10-6-19/h5-12,16-18,21,24,26,33-34H,13-15H2,1-4H3,(H,29,37)(H,30,35)(H,31,36)/t21-,24+,26+/m1/s1. The average molecular weight is 512 g/mol. The van der Waals surface area contributed by atoms with Crippen molar-refractivity contribution in [3.05, 3.63) is 59.7 Å². The topological polar surface area (TPSA) is 145 Å². The molecule has 0 spiro atoms. The first-order valence-corrected chi connectivity index (χ1v) is 12.4. The second-order valence-corrected chi connectivity index (χ2v) is 9.94. The molecule has 3 atom stereocenters. The normalized spacial score (nSPS) is 13.5. The van der Waals surface area contributed by atoms with E-state index in [1.54, 1.807) is 38.1 Å². The van der Waals surface area contributed by atoms with Gasteiger partial charge in [-0.3, -0.25) is 14.4 Å². The van der Waals surface area contributed by atoms with Gasteiger partial charge in [0.15, 0.2) is 0 Å². The largest absolute Gasteiger partial charge is 0.508 e. The molecule has 5 N–H and O–H groups in total. The minimum atomic E-state index is -0.945. The Hall–Kier alpha value is -3.88. The monoisotopic (exact) mass is 511 g/mol. The van der Waals surface area contributed by atoms with Gasteiger partial charge in [0.2, 0.25) is 17.7 Å². The lowest BCUT2D eigenvalue weighted by atomic mass is 9.99. The zero-order valence-electron chi connectivity index (χ0n) is 21.7. The van der Waals surface area contributed by atoms with Crippen LogP contribution in [-0.4, -0.2) is 52.3 Å². The van der Waals surface area contributed by atoms with E-state index in [-0.39, 0.29) is 48.5 Å². The molecule has 0 aromatic heterocycles. The highest BCUT2D eigenvalue weighted by Crippen LogP contribution is 2.14. The maximum Gasteiger partial charge on any atom is 0.243 e. The van der Waals surface area contributed by atoms with Crippen LogP contribution in [0.2, 0.25) is 0 Å². The van der Waals surface area contributed by atoms with Crippen LogP contribution >= 0.6 is 0 Å². The molecule has 0 radical (unpaired) electrons. The minimum absolute atomic E-state index is 0.0853. The predicted octanol–water partition coefficient (Wildman–Crippen LogP) is 2.24. The predicted molar refractivity (Wildman–Crippen MR) is 140 cm³/mol. The van der Waals surface area contributed by atoms with E-state index in [0.29, 0.717) is 6.29 Å². The number of hydrogen-bond donors (Lipinski definition) is 5.